The molecular weight excluding hydrogens is 212 g/mol. The summed E-state index contributed by atoms with van der Waals surface area (Å²) in [6.07, 6.45) is 0.793. The van der Waals surface area contributed by atoms with Crippen molar-refractivity contribution in [2.24, 2.45) is 0 Å². The average Bonchev–Trinajstić information content (AvgIpc) is 2.40. The Morgan fingerprint density at radius 3 is 2.00 bits per heavy atom. The monoisotopic (exact) mass is 226 g/mol. The zero-order valence-corrected chi connectivity index (χ0v) is 9.63. The van der Waals surface area contributed by atoms with Gasteiger partial charge in [-0.3, -0.25) is 4.79 Å². The molecule has 1 atom stereocenters. The van der Waals surface area contributed by atoms with Crippen LogP contribution in [0.4, 0.5) is 0 Å². The highest BCUT2D eigenvalue weighted by Gasteiger charge is 2.24. The Hall–Kier alpha value is -1.93. The average molecular weight is 226 g/mol. The fourth-order valence-electron chi connectivity index (χ4n) is 1.82. The first kappa shape index (κ1) is 11.6. The van der Waals surface area contributed by atoms with Crippen molar-refractivity contribution in [2.45, 2.75) is 12.5 Å². The third-order valence-electron chi connectivity index (χ3n) is 2.94. The van der Waals surface area contributed by atoms with Crippen molar-refractivity contribution in [2.75, 3.05) is 0 Å². The fraction of sp³-hybridized carbons (Fsp3) is 0.133. The Balaban J connectivity index is 2.40. The Labute approximate surface area is 101 Å². The highest BCUT2D eigenvalue weighted by atomic mass is 16.3. The second kappa shape index (κ2) is 4.52. The van der Waals surface area contributed by atoms with Crippen molar-refractivity contribution in [3.63, 3.8) is 0 Å². The summed E-state index contributed by atoms with van der Waals surface area (Å²) in [7, 11) is 0. The Morgan fingerprint density at radius 1 is 0.941 bits per heavy atom. The third kappa shape index (κ3) is 2.27. The summed E-state index contributed by atoms with van der Waals surface area (Å²) in [6.45, 7) is 1.75. The Bertz CT molecular complexity index is 498. The maximum Gasteiger partial charge on any atom is 0.150 e. The summed E-state index contributed by atoms with van der Waals surface area (Å²) in [6, 6.07) is 16.4. The second-order valence-corrected chi connectivity index (χ2v) is 4.18. The summed E-state index contributed by atoms with van der Waals surface area (Å²) in [5, 5.41) is 10.5. The molecule has 2 aromatic carbocycles. The quantitative estimate of drug-likeness (QED) is 0.817. The molecule has 0 amide bonds. The molecule has 1 unspecified atom stereocenters. The van der Waals surface area contributed by atoms with Crippen LogP contribution in [0, 0.1) is 0 Å². The maximum absolute atomic E-state index is 10.6. The van der Waals surface area contributed by atoms with Crippen LogP contribution >= 0.6 is 0 Å². The van der Waals surface area contributed by atoms with Crippen LogP contribution in [0.5, 0.6) is 0 Å². The van der Waals surface area contributed by atoms with Gasteiger partial charge in [0.05, 0.1) is 0 Å². The number of aliphatic hydroxyl groups is 1. The number of aldehydes is 1. The minimum absolute atomic E-state index is 0.609. The van der Waals surface area contributed by atoms with Gasteiger partial charge in [-0.2, -0.15) is 0 Å². The number of hydrogen-bond donors (Lipinski definition) is 1. The van der Waals surface area contributed by atoms with Gasteiger partial charge in [-0.05, 0) is 18.1 Å². The van der Waals surface area contributed by atoms with Gasteiger partial charge in [0.2, 0.25) is 0 Å². The minimum Gasteiger partial charge on any atom is -0.381 e. The van der Waals surface area contributed by atoms with Crippen LogP contribution in [0.3, 0.4) is 0 Å². The van der Waals surface area contributed by atoms with E-state index >= 15 is 0 Å². The SMILES string of the molecule is CC(O)(c1ccccc1)c1ccc(C=O)cc1. The van der Waals surface area contributed by atoms with Gasteiger partial charge in [-0.25, -0.2) is 0 Å². The number of rotatable bonds is 3. The van der Waals surface area contributed by atoms with E-state index in [0.717, 1.165) is 17.4 Å². The molecule has 2 nitrogen and oxygen atoms in total. The first-order chi connectivity index (χ1) is 8.14. The molecule has 0 radical (unpaired) electrons. The summed E-state index contributed by atoms with van der Waals surface area (Å²) in [5.41, 5.74) is 1.17. The summed E-state index contributed by atoms with van der Waals surface area (Å²) in [5.74, 6) is 0. The molecule has 2 aromatic rings. The number of benzene rings is 2. The van der Waals surface area contributed by atoms with Gasteiger partial charge in [-0.15, -0.1) is 0 Å². The molecule has 0 bridgehead atoms. The molecular formula is C15H14O2. The van der Waals surface area contributed by atoms with Crippen LogP contribution in [-0.2, 0) is 5.60 Å². The van der Waals surface area contributed by atoms with Crippen molar-refractivity contribution < 1.29 is 9.90 Å². The molecule has 0 aliphatic heterocycles. The van der Waals surface area contributed by atoms with E-state index < -0.39 is 5.60 Å². The molecule has 1 N–H and O–H groups in total. The Kier molecular flexibility index (Phi) is 3.07. The second-order valence-electron chi connectivity index (χ2n) is 4.18. The molecule has 17 heavy (non-hydrogen) atoms. The van der Waals surface area contributed by atoms with Crippen LogP contribution in [-0.4, -0.2) is 11.4 Å². The van der Waals surface area contributed by atoms with E-state index in [4.69, 9.17) is 0 Å². The van der Waals surface area contributed by atoms with E-state index in [-0.39, 0.29) is 0 Å². The van der Waals surface area contributed by atoms with E-state index in [1.807, 2.05) is 30.3 Å². The van der Waals surface area contributed by atoms with Crippen molar-refractivity contribution in [1.82, 2.24) is 0 Å². The molecule has 0 spiro atoms. The van der Waals surface area contributed by atoms with Crippen LogP contribution in [0.1, 0.15) is 28.4 Å². The topological polar surface area (TPSA) is 37.3 Å². The van der Waals surface area contributed by atoms with Gasteiger partial charge in [0.15, 0.2) is 0 Å². The van der Waals surface area contributed by atoms with Gasteiger partial charge in [0, 0.05) is 5.56 Å². The lowest BCUT2D eigenvalue weighted by atomic mass is 9.88. The van der Waals surface area contributed by atoms with Crippen molar-refractivity contribution in [3.8, 4) is 0 Å². The smallest absolute Gasteiger partial charge is 0.150 e. The molecule has 2 heteroatoms. The van der Waals surface area contributed by atoms with Crippen LogP contribution in [0.25, 0.3) is 0 Å². The van der Waals surface area contributed by atoms with Crippen LogP contribution < -0.4 is 0 Å². The molecule has 0 aliphatic carbocycles. The van der Waals surface area contributed by atoms with E-state index in [9.17, 15) is 9.90 Å². The molecule has 86 valence electrons. The standard InChI is InChI=1S/C15H14O2/c1-15(17,13-5-3-2-4-6-13)14-9-7-12(11-16)8-10-14/h2-11,17H,1H3. The molecule has 0 fully saturated rings. The van der Waals surface area contributed by atoms with Gasteiger partial charge in [-0.1, -0.05) is 54.6 Å². The molecule has 2 rings (SSSR count). The number of carbonyl (C=O) groups is 1. The van der Waals surface area contributed by atoms with Gasteiger partial charge >= 0.3 is 0 Å². The lowest BCUT2D eigenvalue weighted by molar-refractivity contribution is 0.102. The van der Waals surface area contributed by atoms with Crippen LogP contribution in [0.2, 0.25) is 0 Å². The van der Waals surface area contributed by atoms with E-state index in [1.165, 1.54) is 0 Å². The predicted molar refractivity (Wildman–Crippen MR) is 66.9 cm³/mol. The van der Waals surface area contributed by atoms with E-state index in [0.29, 0.717) is 5.56 Å². The highest BCUT2D eigenvalue weighted by Crippen LogP contribution is 2.28. The lowest BCUT2D eigenvalue weighted by Crippen LogP contribution is -2.22. The molecule has 0 saturated carbocycles. The molecule has 0 aliphatic rings. The lowest BCUT2D eigenvalue weighted by Gasteiger charge is -2.24. The zero-order chi connectivity index (χ0) is 12.3. The van der Waals surface area contributed by atoms with Gasteiger partial charge in [0.25, 0.3) is 0 Å². The van der Waals surface area contributed by atoms with E-state index in [2.05, 4.69) is 0 Å². The summed E-state index contributed by atoms with van der Waals surface area (Å²) < 4.78 is 0. The zero-order valence-electron chi connectivity index (χ0n) is 9.63. The fourth-order valence-corrected chi connectivity index (χ4v) is 1.82. The molecule has 0 aromatic heterocycles. The Morgan fingerprint density at radius 2 is 1.47 bits per heavy atom. The van der Waals surface area contributed by atoms with Crippen molar-refractivity contribution in [3.05, 3.63) is 71.3 Å². The largest absolute Gasteiger partial charge is 0.381 e. The van der Waals surface area contributed by atoms with Gasteiger partial charge < -0.3 is 5.11 Å². The summed E-state index contributed by atoms with van der Waals surface area (Å²) in [4.78, 5) is 10.6. The van der Waals surface area contributed by atoms with Gasteiger partial charge in [0.1, 0.15) is 11.9 Å². The molecule has 0 saturated heterocycles. The first-order valence-corrected chi connectivity index (χ1v) is 5.48. The highest BCUT2D eigenvalue weighted by molar-refractivity contribution is 5.74. The number of carbonyl (C=O) groups excluding carboxylic acids is 1. The van der Waals surface area contributed by atoms with Crippen LogP contribution in [0.15, 0.2) is 54.6 Å². The molecule has 0 heterocycles. The van der Waals surface area contributed by atoms with Crippen molar-refractivity contribution >= 4 is 6.29 Å². The van der Waals surface area contributed by atoms with E-state index in [1.54, 1.807) is 31.2 Å². The predicted octanol–water partition coefficient (Wildman–Crippen LogP) is 2.75. The number of hydrogen-bond acceptors (Lipinski definition) is 2. The third-order valence-corrected chi connectivity index (χ3v) is 2.94. The minimum atomic E-state index is -1.04. The summed E-state index contributed by atoms with van der Waals surface area (Å²) >= 11 is 0. The maximum atomic E-state index is 10.6. The van der Waals surface area contributed by atoms with Crippen molar-refractivity contribution in [1.29, 1.82) is 0 Å². The normalized spacial score (nSPS) is 14.0. The first-order valence-electron chi connectivity index (χ1n) is 5.48.